The van der Waals surface area contributed by atoms with Crippen molar-refractivity contribution in [1.29, 1.82) is 0 Å². The minimum absolute atomic E-state index is 0.0954. The molecule has 404 valence electrons. The summed E-state index contributed by atoms with van der Waals surface area (Å²) >= 11 is 0. The number of amides is 10. The molecular formula is C50H68N8O16. The van der Waals surface area contributed by atoms with E-state index in [1.54, 1.807) is 88.4 Å². The van der Waals surface area contributed by atoms with Crippen LogP contribution in [-0.2, 0) is 60.9 Å². The van der Waals surface area contributed by atoms with Gasteiger partial charge in [-0.05, 0) is 37.8 Å². The van der Waals surface area contributed by atoms with E-state index in [2.05, 4.69) is 34.4 Å². The van der Waals surface area contributed by atoms with E-state index in [-0.39, 0.29) is 65.4 Å². The molecule has 4 rings (SSSR count). The summed E-state index contributed by atoms with van der Waals surface area (Å²) in [4.78, 5) is 130. The lowest BCUT2D eigenvalue weighted by molar-refractivity contribution is -0.144. The van der Waals surface area contributed by atoms with Gasteiger partial charge in [0.05, 0.1) is 38.4 Å². The van der Waals surface area contributed by atoms with E-state index in [0.717, 1.165) is 9.80 Å². The van der Waals surface area contributed by atoms with Crippen molar-refractivity contribution in [2.75, 3.05) is 52.5 Å². The Morgan fingerprint density at radius 1 is 0.595 bits per heavy atom. The van der Waals surface area contributed by atoms with Crippen LogP contribution in [0.25, 0.3) is 0 Å². The first-order valence-corrected chi connectivity index (χ1v) is 24.1. The maximum Gasteiger partial charge on any atom is 0.419 e. The summed E-state index contributed by atoms with van der Waals surface area (Å²) in [6, 6.07) is 11.0. The van der Waals surface area contributed by atoms with Gasteiger partial charge >= 0.3 is 36.2 Å². The number of nitrogens with one attached hydrogen (secondary N) is 4. The van der Waals surface area contributed by atoms with Crippen LogP contribution in [0.4, 0.5) is 19.2 Å². The molecule has 0 radical (unpaired) electrons. The molecule has 2 aliphatic rings. The molecule has 2 aromatic rings. The first-order chi connectivity index (χ1) is 35.5. The molecule has 10 amide bonds. The zero-order valence-electron chi connectivity index (χ0n) is 42.1. The van der Waals surface area contributed by atoms with Crippen LogP contribution in [0.2, 0.25) is 0 Å². The number of ether oxygens (including phenoxy) is 4. The average Bonchev–Trinajstić information content (AvgIpc) is 3.90. The SMILES string of the molecule is C=CCNC(=O)C(O)C(CCC)NC(=O)[C@@H]1CN(CC(=O)OCC)C(=O)N1C(=O)OCc1ccccc1.C=CCNC(=O)C(O)C(CCC)NC(=O)[C@@H]1CN(CC(=O)OCC)C(=O)N1C(=O)OCc1ccccc1. The van der Waals surface area contributed by atoms with Gasteiger partial charge in [-0.25, -0.2) is 29.0 Å². The topological polar surface area (TPSA) is 309 Å². The van der Waals surface area contributed by atoms with E-state index in [1.807, 2.05) is 0 Å². The molecule has 2 fully saturated rings. The van der Waals surface area contributed by atoms with Crippen LogP contribution in [0, 0.1) is 0 Å². The van der Waals surface area contributed by atoms with Gasteiger partial charge in [0.25, 0.3) is 11.8 Å². The fourth-order valence-electron chi connectivity index (χ4n) is 7.40. The van der Waals surface area contributed by atoms with Crippen molar-refractivity contribution < 1.29 is 77.1 Å². The van der Waals surface area contributed by atoms with Crippen molar-refractivity contribution in [3.05, 3.63) is 97.1 Å². The van der Waals surface area contributed by atoms with Gasteiger partial charge in [0, 0.05) is 13.1 Å². The molecule has 24 nitrogen and oxygen atoms in total. The van der Waals surface area contributed by atoms with Crippen molar-refractivity contribution in [3.63, 3.8) is 0 Å². The van der Waals surface area contributed by atoms with E-state index in [1.165, 1.54) is 12.2 Å². The van der Waals surface area contributed by atoms with E-state index >= 15 is 0 Å². The van der Waals surface area contributed by atoms with Crippen molar-refractivity contribution >= 4 is 59.8 Å². The Balaban J connectivity index is 0.000000390. The number of esters is 2. The number of imide groups is 2. The number of carbonyl (C=O) groups is 10. The Morgan fingerprint density at radius 3 is 1.26 bits per heavy atom. The molecule has 2 aromatic carbocycles. The highest BCUT2D eigenvalue weighted by Crippen LogP contribution is 2.22. The number of carbonyl (C=O) groups excluding carboxylic acids is 10. The Bertz CT molecular complexity index is 2100. The Hall–Kier alpha value is -7.86. The van der Waals surface area contributed by atoms with Gasteiger partial charge in [-0.1, -0.05) is 99.5 Å². The van der Waals surface area contributed by atoms with Crippen LogP contribution < -0.4 is 21.3 Å². The van der Waals surface area contributed by atoms with Crippen molar-refractivity contribution in [2.45, 2.75) is 103 Å². The maximum atomic E-state index is 13.2. The number of hydrogen-bond acceptors (Lipinski definition) is 16. The van der Waals surface area contributed by atoms with Crippen molar-refractivity contribution in [2.24, 2.45) is 0 Å². The fourth-order valence-corrected chi connectivity index (χ4v) is 7.40. The molecule has 74 heavy (non-hydrogen) atoms. The van der Waals surface area contributed by atoms with E-state index in [0.29, 0.717) is 33.8 Å². The zero-order chi connectivity index (χ0) is 54.7. The highest BCUT2D eigenvalue weighted by Gasteiger charge is 2.49. The van der Waals surface area contributed by atoms with Crippen LogP contribution in [-0.4, -0.2) is 178 Å². The summed E-state index contributed by atoms with van der Waals surface area (Å²) in [6.45, 7) is 12.4. The lowest BCUT2D eigenvalue weighted by atomic mass is 10.0. The third-order valence-corrected chi connectivity index (χ3v) is 11.0. The molecule has 0 saturated carbocycles. The number of nitrogens with zero attached hydrogens (tertiary/aromatic N) is 4. The van der Waals surface area contributed by atoms with Gasteiger partial charge in [-0.3, -0.25) is 28.8 Å². The highest BCUT2D eigenvalue weighted by molar-refractivity contribution is 6.02. The second-order valence-electron chi connectivity index (χ2n) is 16.6. The van der Waals surface area contributed by atoms with Crippen molar-refractivity contribution in [1.82, 2.24) is 40.9 Å². The van der Waals surface area contributed by atoms with Crippen LogP contribution in [0.5, 0.6) is 0 Å². The van der Waals surface area contributed by atoms with Gasteiger partial charge in [0.1, 0.15) is 38.4 Å². The molecule has 0 spiro atoms. The predicted octanol–water partition coefficient (Wildman–Crippen LogP) is 1.88. The minimum Gasteiger partial charge on any atom is -0.465 e. The molecule has 2 aliphatic heterocycles. The summed E-state index contributed by atoms with van der Waals surface area (Å²) in [5.74, 6) is -4.38. The van der Waals surface area contributed by atoms with E-state index in [9.17, 15) is 58.2 Å². The maximum absolute atomic E-state index is 13.2. The third-order valence-electron chi connectivity index (χ3n) is 11.0. The minimum atomic E-state index is -1.57. The molecule has 2 saturated heterocycles. The molecule has 6 atom stereocenters. The second kappa shape index (κ2) is 31.6. The summed E-state index contributed by atoms with van der Waals surface area (Å²) in [7, 11) is 0. The molecule has 2 heterocycles. The Kier molecular flexibility index (Phi) is 25.8. The van der Waals surface area contributed by atoms with Gasteiger partial charge in [0.15, 0.2) is 12.2 Å². The second-order valence-corrected chi connectivity index (χ2v) is 16.6. The number of urea groups is 2. The van der Waals surface area contributed by atoms with Crippen LogP contribution >= 0.6 is 0 Å². The quantitative estimate of drug-likeness (QED) is 0.0445. The average molecular weight is 1040 g/mol. The van der Waals surface area contributed by atoms with Gasteiger partial charge < -0.3 is 60.2 Å². The highest BCUT2D eigenvalue weighted by atomic mass is 16.6. The molecule has 4 unspecified atom stereocenters. The zero-order valence-corrected chi connectivity index (χ0v) is 42.1. The Morgan fingerprint density at radius 2 is 0.946 bits per heavy atom. The first kappa shape index (κ1) is 60.4. The van der Waals surface area contributed by atoms with Crippen molar-refractivity contribution in [3.8, 4) is 0 Å². The van der Waals surface area contributed by atoms with Crippen LogP contribution in [0.15, 0.2) is 86.0 Å². The molecule has 0 bridgehead atoms. The normalized spacial score (nSPS) is 16.5. The van der Waals surface area contributed by atoms with Gasteiger partial charge in [-0.2, -0.15) is 0 Å². The molecule has 6 N–H and O–H groups in total. The number of aliphatic hydroxyl groups is 2. The van der Waals surface area contributed by atoms with Crippen LogP contribution in [0.1, 0.15) is 64.5 Å². The summed E-state index contributed by atoms with van der Waals surface area (Å²) in [5.41, 5.74) is 1.34. The molecule has 24 heteroatoms. The molecular weight excluding hydrogens is 969 g/mol. The smallest absolute Gasteiger partial charge is 0.419 e. The number of hydrogen-bond donors (Lipinski definition) is 6. The first-order valence-electron chi connectivity index (χ1n) is 24.1. The monoisotopic (exact) mass is 1040 g/mol. The summed E-state index contributed by atoms with van der Waals surface area (Å²) < 4.78 is 20.3. The number of aliphatic hydroxyl groups excluding tert-OH is 2. The summed E-state index contributed by atoms with van der Waals surface area (Å²) in [6.07, 6.45) is -0.854. The summed E-state index contributed by atoms with van der Waals surface area (Å²) in [5, 5.41) is 31.1. The largest absolute Gasteiger partial charge is 0.465 e. The lowest BCUT2D eigenvalue weighted by Crippen LogP contribution is -2.56. The van der Waals surface area contributed by atoms with Crippen LogP contribution in [0.3, 0.4) is 0 Å². The molecule has 0 aliphatic carbocycles. The predicted molar refractivity (Wildman–Crippen MR) is 264 cm³/mol. The number of rotatable bonds is 26. The van der Waals surface area contributed by atoms with E-state index < -0.39 is 109 Å². The standard InChI is InChI=1S/2C25H34N4O8/c2*1-4-10-18(21(31)23(33)26-13-5-2)27-22(32)19-14-28(15-20(30)36-6-3)24(34)29(19)25(35)37-16-17-11-8-7-9-12-17/h2*5,7-9,11-12,18-19,21,31H,2,4,6,10,13-16H2,1,3H3,(H,26,33)(H,27,32)/t2*18?,19-,21?/m00/s1. The molecule has 0 aromatic heterocycles. The van der Waals surface area contributed by atoms with Gasteiger partial charge in [0.2, 0.25) is 11.8 Å². The van der Waals surface area contributed by atoms with E-state index in [4.69, 9.17) is 18.9 Å². The number of benzene rings is 2. The Labute approximate surface area is 429 Å². The fraction of sp³-hybridized carbons (Fsp3) is 0.480. The lowest BCUT2D eigenvalue weighted by Gasteiger charge is -2.26. The third kappa shape index (κ3) is 18.3. The van der Waals surface area contributed by atoms with Gasteiger partial charge in [-0.15, -0.1) is 13.2 Å².